The van der Waals surface area contributed by atoms with Gasteiger partial charge in [-0.2, -0.15) is 0 Å². The number of rotatable bonds is 5. The van der Waals surface area contributed by atoms with Crippen molar-refractivity contribution >= 4 is 40.0 Å². The van der Waals surface area contributed by atoms with E-state index in [0.717, 1.165) is 56.4 Å². The van der Waals surface area contributed by atoms with Crippen LogP contribution in [0.2, 0.25) is 0 Å². The van der Waals surface area contributed by atoms with Crippen LogP contribution in [-0.2, 0) is 4.79 Å². The highest BCUT2D eigenvalue weighted by molar-refractivity contribution is 6.06. The molecule has 5 aromatic rings. The molecule has 6 heteroatoms. The molecule has 0 saturated heterocycles. The van der Waals surface area contributed by atoms with Crippen LogP contribution in [0.15, 0.2) is 108 Å². The zero-order chi connectivity index (χ0) is 27.1. The predicted molar refractivity (Wildman–Crippen MR) is 160 cm³/mol. The number of benzene rings is 4. The molecule has 4 aromatic carbocycles. The average molecular weight is 514 g/mol. The maximum absolute atomic E-state index is 14.0. The number of allylic oxidation sites excluding steroid dienone is 1. The van der Waals surface area contributed by atoms with Crippen LogP contribution in [0.3, 0.4) is 0 Å². The third kappa shape index (κ3) is 4.44. The Morgan fingerprint density at radius 3 is 2.31 bits per heavy atom. The molecule has 1 unspecified atom stereocenters. The van der Waals surface area contributed by atoms with Gasteiger partial charge in [0.2, 0.25) is 5.95 Å². The number of nitrogens with zero attached hydrogens (tertiary/aromatic N) is 3. The fourth-order valence-electron chi connectivity index (χ4n) is 5.40. The minimum atomic E-state index is -0.351. The summed E-state index contributed by atoms with van der Waals surface area (Å²) in [6, 6.07) is 32.5. The van der Waals surface area contributed by atoms with E-state index >= 15 is 0 Å². The number of imidazole rings is 1. The number of aryl methyl sites for hydroxylation is 2. The molecule has 0 aliphatic carbocycles. The Balaban J connectivity index is 1.44. The van der Waals surface area contributed by atoms with Crippen molar-refractivity contribution in [3.63, 3.8) is 0 Å². The summed E-state index contributed by atoms with van der Waals surface area (Å²) in [5, 5.41) is 6.58. The predicted octanol–water partition coefficient (Wildman–Crippen LogP) is 7.35. The van der Waals surface area contributed by atoms with Crippen LogP contribution < -0.4 is 15.5 Å². The number of aromatic nitrogens is 2. The van der Waals surface area contributed by atoms with Crippen LogP contribution in [-0.4, -0.2) is 22.5 Å². The highest BCUT2D eigenvalue weighted by atomic mass is 16.1. The lowest BCUT2D eigenvalue weighted by molar-refractivity contribution is -0.113. The largest absolute Gasteiger partial charge is 0.345 e. The molecule has 1 atom stereocenters. The summed E-state index contributed by atoms with van der Waals surface area (Å²) in [5.74, 6) is 0.595. The molecule has 194 valence electrons. The van der Waals surface area contributed by atoms with E-state index in [1.807, 2.05) is 62.4 Å². The van der Waals surface area contributed by atoms with Crippen molar-refractivity contribution in [2.45, 2.75) is 26.8 Å². The lowest BCUT2D eigenvalue weighted by Gasteiger charge is -2.31. The van der Waals surface area contributed by atoms with Crippen molar-refractivity contribution in [2.24, 2.45) is 0 Å². The van der Waals surface area contributed by atoms with E-state index in [9.17, 15) is 4.79 Å². The lowest BCUT2D eigenvalue weighted by Crippen LogP contribution is -2.31. The first kappa shape index (κ1) is 24.5. The normalized spacial score (nSPS) is 14.6. The van der Waals surface area contributed by atoms with Crippen LogP contribution in [0.5, 0.6) is 0 Å². The Kier molecular flexibility index (Phi) is 6.15. The maximum atomic E-state index is 14.0. The van der Waals surface area contributed by atoms with Crippen LogP contribution in [0.4, 0.5) is 23.0 Å². The van der Waals surface area contributed by atoms with Gasteiger partial charge in [0, 0.05) is 29.8 Å². The molecule has 2 N–H and O–H groups in total. The minimum absolute atomic E-state index is 0.133. The Morgan fingerprint density at radius 1 is 0.872 bits per heavy atom. The van der Waals surface area contributed by atoms with Gasteiger partial charge in [-0.15, -0.1) is 0 Å². The van der Waals surface area contributed by atoms with E-state index in [0.29, 0.717) is 5.57 Å². The average Bonchev–Trinajstić information content (AvgIpc) is 3.31. The molecule has 1 aromatic heterocycles. The van der Waals surface area contributed by atoms with Crippen molar-refractivity contribution in [3.05, 3.63) is 125 Å². The number of hydrogen-bond acceptors (Lipinski definition) is 4. The van der Waals surface area contributed by atoms with Gasteiger partial charge in [-0.25, -0.2) is 4.98 Å². The van der Waals surface area contributed by atoms with Gasteiger partial charge >= 0.3 is 0 Å². The van der Waals surface area contributed by atoms with Gasteiger partial charge in [-0.1, -0.05) is 60.2 Å². The molecule has 0 spiro atoms. The SMILES string of the molecule is CC1=C(C(=O)Nc2ccc(C)cc2C)C(c2ccc(N(C)c3ccccc3)cc2)n2c(nc3ccccc32)N1. The highest BCUT2D eigenvalue weighted by Crippen LogP contribution is 2.40. The number of fused-ring (bicyclic) bond motifs is 3. The zero-order valence-electron chi connectivity index (χ0n) is 22.6. The standard InChI is InChI=1S/C33H31N5O/c1-21-14-19-27(22(2)20-21)35-32(39)30-23(3)34-33-36-28-12-8-9-13-29(28)38(33)31(30)24-15-17-26(18-16-24)37(4)25-10-6-5-7-11-25/h5-20,31H,1-4H3,(H,34,36)(H,35,39). The van der Waals surface area contributed by atoms with Crippen molar-refractivity contribution in [3.8, 4) is 0 Å². The third-order valence-corrected chi connectivity index (χ3v) is 7.45. The second kappa shape index (κ2) is 9.80. The highest BCUT2D eigenvalue weighted by Gasteiger charge is 2.34. The van der Waals surface area contributed by atoms with Gasteiger partial charge in [-0.3, -0.25) is 9.36 Å². The summed E-state index contributed by atoms with van der Waals surface area (Å²) in [6.07, 6.45) is 0. The van der Waals surface area contributed by atoms with E-state index in [4.69, 9.17) is 4.98 Å². The van der Waals surface area contributed by atoms with E-state index in [1.165, 1.54) is 0 Å². The summed E-state index contributed by atoms with van der Waals surface area (Å²) in [7, 11) is 2.06. The molecular formula is C33H31N5O. The topological polar surface area (TPSA) is 62.2 Å². The van der Waals surface area contributed by atoms with Gasteiger partial charge in [-0.05, 0) is 74.4 Å². The molecule has 0 radical (unpaired) electrons. The second-order valence-corrected chi connectivity index (χ2v) is 10.1. The van der Waals surface area contributed by atoms with E-state index in [1.54, 1.807) is 0 Å². The summed E-state index contributed by atoms with van der Waals surface area (Å²) < 4.78 is 2.13. The number of para-hydroxylation sites is 3. The second-order valence-electron chi connectivity index (χ2n) is 10.1. The first-order valence-electron chi connectivity index (χ1n) is 13.1. The summed E-state index contributed by atoms with van der Waals surface area (Å²) in [5.41, 5.74) is 9.49. The number of amides is 1. The molecule has 6 rings (SSSR count). The zero-order valence-corrected chi connectivity index (χ0v) is 22.6. The Labute approximate surface area is 228 Å². The smallest absolute Gasteiger partial charge is 0.255 e. The fraction of sp³-hybridized carbons (Fsp3) is 0.152. The lowest BCUT2D eigenvalue weighted by atomic mass is 9.93. The van der Waals surface area contributed by atoms with Gasteiger partial charge < -0.3 is 15.5 Å². The molecule has 1 amide bonds. The molecule has 2 heterocycles. The quantitative estimate of drug-likeness (QED) is 0.258. The van der Waals surface area contributed by atoms with Crippen molar-refractivity contribution < 1.29 is 4.79 Å². The van der Waals surface area contributed by atoms with Crippen LogP contribution >= 0.6 is 0 Å². The molecule has 39 heavy (non-hydrogen) atoms. The number of nitrogens with one attached hydrogen (secondary N) is 2. The van der Waals surface area contributed by atoms with Crippen LogP contribution in [0.25, 0.3) is 11.0 Å². The van der Waals surface area contributed by atoms with Gasteiger partial charge in [0.1, 0.15) is 0 Å². The molecule has 6 nitrogen and oxygen atoms in total. The van der Waals surface area contributed by atoms with E-state index in [2.05, 4.69) is 82.6 Å². The number of anilines is 4. The Hall–Kier alpha value is -4.84. The molecule has 1 aliphatic heterocycles. The number of carbonyl (C=O) groups excluding carboxylic acids is 1. The Morgan fingerprint density at radius 2 is 1.56 bits per heavy atom. The van der Waals surface area contributed by atoms with Gasteiger partial charge in [0.25, 0.3) is 5.91 Å². The summed E-state index contributed by atoms with van der Waals surface area (Å²) >= 11 is 0. The van der Waals surface area contributed by atoms with E-state index in [-0.39, 0.29) is 11.9 Å². The van der Waals surface area contributed by atoms with Crippen molar-refractivity contribution in [1.82, 2.24) is 9.55 Å². The summed E-state index contributed by atoms with van der Waals surface area (Å²) in [6.45, 7) is 6.02. The Bertz CT molecular complexity index is 1720. The molecule has 0 bridgehead atoms. The van der Waals surface area contributed by atoms with Crippen molar-refractivity contribution in [1.29, 1.82) is 0 Å². The maximum Gasteiger partial charge on any atom is 0.255 e. The summed E-state index contributed by atoms with van der Waals surface area (Å²) in [4.78, 5) is 21.0. The van der Waals surface area contributed by atoms with Gasteiger partial charge in [0.05, 0.1) is 22.6 Å². The third-order valence-electron chi connectivity index (χ3n) is 7.45. The van der Waals surface area contributed by atoms with Gasteiger partial charge in [0.15, 0.2) is 0 Å². The molecule has 0 fully saturated rings. The fourth-order valence-corrected chi connectivity index (χ4v) is 5.40. The first-order valence-corrected chi connectivity index (χ1v) is 13.1. The van der Waals surface area contributed by atoms with Crippen molar-refractivity contribution in [2.75, 3.05) is 22.6 Å². The van der Waals surface area contributed by atoms with E-state index < -0.39 is 0 Å². The number of carbonyl (C=O) groups is 1. The molecular weight excluding hydrogens is 482 g/mol. The molecule has 1 aliphatic rings. The monoisotopic (exact) mass is 513 g/mol. The minimum Gasteiger partial charge on any atom is -0.345 e. The molecule has 0 saturated carbocycles. The van der Waals surface area contributed by atoms with Crippen LogP contribution in [0.1, 0.15) is 29.7 Å². The van der Waals surface area contributed by atoms with Crippen LogP contribution in [0, 0.1) is 13.8 Å². The first-order chi connectivity index (χ1) is 18.9. The number of hydrogen-bond donors (Lipinski definition) is 2.